The molecule has 5 nitrogen and oxygen atoms in total. The van der Waals surface area contributed by atoms with E-state index in [0.29, 0.717) is 25.9 Å². The molecule has 2 N–H and O–H groups in total. The largest absolute Gasteiger partial charge is 0.354 e. The van der Waals surface area contributed by atoms with Gasteiger partial charge in [0.1, 0.15) is 0 Å². The van der Waals surface area contributed by atoms with E-state index in [2.05, 4.69) is 15.6 Å². The predicted octanol–water partition coefficient (Wildman–Crippen LogP) is 3.74. The third-order valence-corrected chi connectivity index (χ3v) is 7.23. The van der Waals surface area contributed by atoms with Gasteiger partial charge < -0.3 is 10.6 Å². The van der Waals surface area contributed by atoms with Gasteiger partial charge in [0.25, 0.3) is 0 Å². The average Bonchev–Trinajstić information content (AvgIpc) is 3.17. The van der Waals surface area contributed by atoms with Gasteiger partial charge in [-0.05, 0) is 37.8 Å². The number of amides is 2. The van der Waals surface area contributed by atoms with Crippen LogP contribution in [-0.2, 0) is 9.59 Å². The zero-order valence-corrected chi connectivity index (χ0v) is 17.5. The SMILES string of the molecule is Cc1ccc(C=CCC(=O)NCCNC(=O)CCCCC2CCSS2)cn1. The quantitative estimate of drug-likeness (QED) is 0.432. The Morgan fingerprint density at radius 3 is 2.74 bits per heavy atom. The van der Waals surface area contributed by atoms with Crippen LogP contribution in [0.4, 0.5) is 0 Å². The van der Waals surface area contributed by atoms with E-state index in [0.717, 1.165) is 29.3 Å². The summed E-state index contributed by atoms with van der Waals surface area (Å²) >= 11 is 0. The van der Waals surface area contributed by atoms with Crippen LogP contribution in [0.2, 0.25) is 0 Å². The molecule has 7 heteroatoms. The smallest absolute Gasteiger partial charge is 0.223 e. The second-order valence-electron chi connectivity index (χ2n) is 6.61. The van der Waals surface area contributed by atoms with Crippen molar-refractivity contribution < 1.29 is 9.59 Å². The second-order valence-corrected chi connectivity index (χ2v) is 9.40. The number of aromatic nitrogens is 1. The number of carbonyl (C=O) groups is 2. The molecule has 0 aliphatic carbocycles. The van der Waals surface area contributed by atoms with Crippen LogP contribution in [0.15, 0.2) is 24.4 Å². The summed E-state index contributed by atoms with van der Waals surface area (Å²) in [5.41, 5.74) is 1.95. The first-order valence-electron chi connectivity index (χ1n) is 9.54. The van der Waals surface area contributed by atoms with Crippen LogP contribution in [0.5, 0.6) is 0 Å². The van der Waals surface area contributed by atoms with Gasteiger partial charge >= 0.3 is 0 Å². The molecule has 0 radical (unpaired) electrons. The van der Waals surface area contributed by atoms with Crippen molar-refractivity contribution in [3.8, 4) is 0 Å². The molecule has 1 unspecified atom stereocenters. The maximum atomic E-state index is 11.8. The minimum Gasteiger partial charge on any atom is -0.354 e. The highest BCUT2D eigenvalue weighted by Gasteiger charge is 2.15. The van der Waals surface area contributed by atoms with Crippen LogP contribution in [-0.4, -0.2) is 40.9 Å². The molecule has 2 rings (SSSR count). The molecule has 0 saturated carbocycles. The maximum absolute atomic E-state index is 11.8. The van der Waals surface area contributed by atoms with E-state index >= 15 is 0 Å². The Hall–Kier alpha value is -1.47. The molecule has 148 valence electrons. The summed E-state index contributed by atoms with van der Waals surface area (Å²) in [7, 11) is 3.96. The first-order valence-corrected chi connectivity index (χ1v) is 11.9. The summed E-state index contributed by atoms with van der Waals surface area (Å²) in [6, 6.07) is 3.91. The Labute approximate surface area is 169 Å². The first-order chi connectivity index (χ1) is 13.1. The highest BCUT2D eigenvalue weighted by atomic mass is 33.1. The minimum absolute atomic E-state index is 0.0486. The molecule has 2 amide bonds. The number of hydrogen-bond acceptors (Lipinski definition) is 5. The highest BCUT2D eigenvalue weighted by Crippen LogP contribution is 2.39. The summed E-state index contributed by atoms with van der Waals surface area (Å²) in [6.07, 6.45) is 11.0. The Kier molecular flexibility index (Phi) is 10.4. The van der Waals surface area contributed by atoms with Gasteiger partial charge in [-0.25, -0.2) is 0 Å². The number of carbonyl (C=O) groups excluding carboxylic acids is 2. The molecule has 1 aromatic rings. The highest BCUT2D eigenvalue weighted by molar-refractivity contribution is 8.77. The van der Waals surface area contributed by atoms with Crippen LogP contribution in [0.3, 0.4) is 0 Å². The molecule has 0 bridgehead atoms. The van der Waals surface area contributed by atoms with Crippen molar-refractivity contribution in [2.75, 3.05) is 18.8 Å². The fourth-order valence-electron chi connectivity index (χ4n) is 2.67. The molecular formula is C20H29N3O2S2. The van der Waals surface area contributed by atoms with Gasteiger partial charge in [0.15, 0.2) is 0 Å². The summed E-state index contributed by atoms with van der Waals surface area (Å²) in [5.74, 6) is 1.29. The number of nitrogens with zero attached hydrogens (tertiary/aromatic N) is 1. The van der Waals surface area contributed by atoms with Crippen LogP contribution in [0.25, 0.3) is 6.08 Å². The monoisotopic (exact) mass is 407 g/mol. The van der Waals surface area contributed by atoms with Gasteiger partial charge in [-0.15, -0.1) is 0 Å². The topological polar surface area (TPSA) is 71.1 Å². The van der Waals surface area contributed by atoms with E-state index in [9.17, 15) is 9.59 Å². The lowest BCUT2D eigenvalue weighted by Crippen LogP contribution is -2.34. The van der Waals surface area contributed by atoms with Crippen molar-refractivity contribution in [3.05, 3.63) is 35.7 Å². The molecule has 1 aliphatic rings. The third kappa shape index (κ3) is 9.86. The van der Waals surface area contributed by atoms with E-state index in [1.54, 1.807) is 6.20 Å². The maximum Gasteiger partial charge on any atom is 0.223 e. The van der Waals surface area contributed by atoms with Crippen molar-refractivity contribution in [2.24, 2.45) is 0 Å². The van der Waals surface area contributed by atoms with E-state index < -0.39 is 0 Å². The minimum atomic E-state index is -0.0486. The number of nitrogens with one attached hydrogen (secondary N) is 2. The number of aryl methyl sites for hydroxylation is 1. The van der Waals surface area contributed by atoms with Crippen LogP contribution in [0.1, 0.15) is 49.8 Å². The Morgan fingerprint density at radius 1 is 1.22 bits per heavy atom. The van der Waals surface area contributed by atoms with Crippen molar-refractivity contribution >= 4 is 39.5 Å². The standard InChI is InChI=1S/C20H29N3O2S2/c1-16-9-10-17(15-23-16)5-4-8-20(25)22-13-12-21-19(24)7-3-2-6-18-11-14-26-27-18/h4-5,9-10,15,18H,2-3,6-8,11-14H2,1H3,(H,21,24)(H,22,25). The Morgan fingerprint density at radius 2 is 2.04 bits per heavy atom. The van der Waals surface area contributed by atoms with Crippen molar-refractivity contribution in [1.82, 2.24) is 15.6 Å². The fourth-order valence-corrected chi connectivity index (χ4v) is 5.69. The number of hydrogen-bond donors (Lipinski definition) is 2. The van der Waals surface area contributed by atoms with E-state index in [1.165, 1.54) is 18.6 Å². The lowest BCUT2D eigenvalue weighted by atomic mass is 10.1. The van der Waals surface area contributed by atoms with Gasteiger partial charge in [-0.1, -0.05) is 46.2 Å². The van der Waals surface area contributed by atoms with Crippen LogP contribution < -0.4 is 10.6 Å². The van der Waals surface area contributed by atoms with Gasteiger partial charge in [0.2, 0.25) is 11.8 Å². The van der Waals surface area contributed by atoms with Crippen molar-refractivity contribution in [2.45, 2.75) is 50.7 Å². The number of rotatable bonds is 11. The average molecular weight is 408 g/mol. The Balaban J connectivity index is 1.45. The van der Waals surface area contributed by atoms with E-state index in [-0.39, 0.29) is 11.8 Å². The summed E-state index contributed by atoms with van der Waals surface area (Å²) in [5, 5.41) is 6.46. The molecule has 1 atom stereocenters. The van der Waals surface area contributed by atoms with E-state index in [1.807, 2.05) is 52.8 Å². The van der Waals surface area contributed by atoms with Crippen molar-refractivity contribution in [3.63, 3.8) is 0 Å². The third-order valence-electron chi connectivity index (χ3n) is 4.22. The van der Waals surface area contributed by atoms with Gasteiger partial charge in [0.05, 0.1) is 0 Å². The van der Waals surface area contributed by atoms with Crippen molar-refractivity contribution in [1.29, 1.82) is 0 Å². The molecular weight excluding hydrogens is 378 g/mol. The van der Waals surface area contributed by atoms with Gasteiger partial charge in [0, 0.05) is 48.8 Å². The normalized spacial score (nSPS) is 16.6. The zero-order valence-electron chi connectivity index (χ0n) is 15.9. The molecule has 1 saturated heterocycles. The molecule has 2 heterocycles. The molecule has 1 aliphatic heterocycles. The molecule has 27 heavy (non-hydrogen) atoms. The predicted molar refractivity (Wildman–Crippen MR) is 116 cm³/mol. The summed E-state index contributed by atoms with van der Waals surface area (Å²) < 4.78 is 0. The first kappa shape index (κ1) is 21.8. The summed E-state index contributed by atoms with van der Waals surface area (Å²) in [4.78, 5) is 27.8. The fraction of sp³-hybridized carbons (Fsp3) is 0.550. The van der Waals surface area contributed by atoms with Gasteiger partial charge in [-0.2, -0.15) is 0 Å². The summed E-state index contributed by atoms with van der Waals surface area (Å²) in [6.45, 7) is 2.88. The lowest BCUT2D eigenvalue weighted by Gasteiger charge is -2.08. The number of unbranched alkanes of at least 4 members (excludes halogenated alkanes) is 1. The zero-order chi connectivity index (χ0) is 19.3. The van der Waals surface area contributed by atoms with E-state index in [4.69, 9.17) is 0 Å². The second kappa shape index (κ2) is 12.8. The van der Waals surface area contributed by atoms with Crippen LogP contribution >= 0.6 is 21.6 Å². The van der Waals surface area contributed by atoms with Gasteiger partial charge in [-0.3, -0.25) is 14.6 Å². The molecule has 0 aromatic carbocycles. The Bertz CT molecular complexity index is 614. The molecule has 1 aromatic heterocycles. The molecule has 1 fully saturated rings. The van der Waals surface area contributed by atoms with Crippen LogP contribution in [0, 0.1) is 6.92 Å². The number of pyridine rings is 1. The molecule has 0 spiro atoms. The lowest BCUT2D eigenvalue weighted by molar-refractivity contribution is -0.122.